The number of halogens is 1. The van der Waals surface area contributed by atoms with Gasteiger partial charge in [-0.3, -0.25) is 4.99 Å². The molecule has 2 unspecified atom stereocenters. The largest absolute Gasteiger partial charge is 0.354 e. The maximum Gasteiger partial charge on any atom is 0.191 e. The number of nitrogens with zero attached hydrogens (tertiary/aromatic N) is 2. The van der Waals surface area contributed by atoms with E-state index in [1.54, 1.807) is 0 Å². The molecule has 116 valence electrons. The van der Waals surface area contributed by atoms with E-state index in [1.807, 2.05) is 7.05 Å². The molecule has 3 fully saturated rings. The molecule has 3 rings (SSSR count). The SMILES string of the molecule is CN=C(NC1CCC1)NC1CC2CCCC(C1)N2C.I. The summed E-state index contributed by atoms with van der Waals surface area (Å²) in [5, 5.41) is 7.22. The van der Waals surface area contributed by atoms with Gasteiger partial charge >= 0.3 is 0 Å². The van der Waals surface area contributed by atoms with Crippen molar-refractivity contribution in [2.24, 2.45) is 4.99 Å². The second kappa shape index (κ2) is 7.29. The maximum atomic E-state index is 4.40. The van der Waals surface area contributed by atoms with E-state index >= 15 is 0 Å². The Bertz CT molecular complexity index is 329. The number of guanidine groups is 1. The van der Waals surface area contributed by atoms with Gasteiger partial charge in [-0.05, 0) is 52.0 Å². The highest BCUT2D eigenvalue weighted by molar-refractivity contribution is 14.0. The molecule has 1 aliphatic carbocycles. The van der Waals surface area contributed by atoms with Crippen molar-refractivity contribution in [2.75, 3.05) is 14.1 Å². The smallest absolute Gasteiger partial charge is 0.191 e. The van der Waals surface area contributed by atoms with E-state index in [0.29, 0.717) is 12.1 Å². The molecule has 0 aromatic carbocycles. The third-order valence-electron chi connectivity index (χ3n) is 5.35. The number of fused-ring (bicyclic) bond motifs is 2. The lowest BCUT2D eigenvalue weighted by atomic mass is 9.82. The number of piperidine rings is 2. The van der Waals surface area contributed by atoms with Gasteiger partial charge in [-0.1, -0.05) is 6.42 Å². The van der Waals surface area contributed by atoms with Crippen LogP contribution < -0.4 is 10.6 Å². The highest BCUT2D eigenvalue weighted by Crippen LogP contribution is 2.32. The first-order valence-corrected chi connectivity index (χ1v) is 7.98. The van der Waals surface area contributed by atoms with Crippen LogP contribution in [0.5, 0.6) is 0 Å². The molecule has 2 atom stereocenters. The van der Waals surface area contributed by atoms with Gasteiger partial charge < -0.3 is 15.5 Å². The van der Waals surface area contributed by atoms with E-state index in [2.05, 4.69) is 27.6 Å². The van der Waals surface area contributed by atoms with Gasteiger partial charge in [0.05, 0.1) is 0 Å². The molecule has 0 aromatic heterocycles. The van der Waals surface area contributed by atoms with Gasteiger partial charge in [0.25, 0.3) is 0 Å². The molecule has 2 N–H and O–H groups in total. The highest BCUT2D eigenvalue weighted by atomic mass is 127. The van der Waals surface area contributed by atoms with Gasteiger partial charge in [0, 0.05) is 31.2 Å². The maximum absolute atomic E-state index is 4.40. The molecule has 3 aliphatic rings. The highest BCUT2D eigenvalue weighted by Gasteiger charge is 2.36. The number of nitrogens with one attached hydrogen (secondary N) is 2. The first-order chi connectivity index (χ1) is 9.26. The fourth-order valence-electron chi connectivity index (χ4n) is 3.84. The predicted octanol–water partition coefficient (Wildman–Crippen LogP) is 2.34. The number of hydrogen-bond donors (Lipinski definition) is 2. The molecular weight excluding hydrogens is 363 g/mol. The average molecular weight is 392 g/mol. The van der Waals surface area contributed by atoms with Crippen LogP contribution in [-0.2, 0) is 0 Å². The topological polar surface area (TPSA) is 39.7 Å². The first-order valence-electron chi connectivity index (χ1n) is 7.98. The Hall–Kier alpha value is -0.0400. The Balaban J connectivity index is 0.00000147. The second-order valence-corrected chi connectivity index (χ2v) is 6.56. The van der Waals surface area contributed by atoms with Gasteiger partial charge in [0.2, 0.25) is 0 Å². The van der Waals surface area contributed by atoms with Crippen LogP contribution in [0, 0.1) is 0 Å². The molecule has 0 spiro atoms. The molecule has 0 radical (unpaired) electrons. The van der Waals surface area contributed by atoms with E-state index < -0.39 is 0 Å². The second-order valence-electron chi connectivity index (χ2n) is 6.56. The van der Waals surface area contributed by atoms with Crippen LogP contribution in [-0.4, -0.2) is 49.1 Å². The molecule has 1 saturated carbocycles. The van der Waals surface area contributed by atoms with Crippen LogP contribution in [0.2, 0.25) is 0 Å². The van der Waals surface area contributed by atoms with E-state index in [1.165, 1.54) is 51.4 Å². The summed E-state index contributed by atoms with van der Waals surface area (Å²) in [6.07, 6.45) is 10.7. The number of aliphatic imine (C=N–C) groups is 1. The Kier molecular flexibility index (Phi) is 5.95. The van der Waals surface area contributed by atoms with Crippen molar-refractivity contribution in [3.8, 4) is 0 Å². The van der Waals surface area contributed by atoms with Crippen molar-refractivity contribution in [1.29, 1.82) is 0 Å². The monoisotopic (exact) mass is 392 g/mol. The van der Waals surface area contributed by atoms with E-state index in [9.17, 15) is 0 Å². The zero-order valence-corrected chi connectivity index (χ0v) is 15.1. The minimum atomic E-state index is 0. The molecular formula is C15H29IN4. The van der Waals surface area contributed by atoms with Gasteiger partial charge in [-0.15, -0.1) is 24.0 Å². The summed E-state index contributed by atoms with van der Waals surface area (Å²) in [5.74, 6) is 1.03. The lowest BCUT2D eigenvalue weighted by Gasteiger charge is -2.47. The van der Waals surface area contributed by atoms with Crippen LogP contribution in [0.1, 0.15) is 51.4 Å². The van der Waals surface area contributed by atoms with Crippen molar-refractivity contribution >= 4 is 29.9 Å². The van der Waals surface area contributed by atoms with Crippen molar-refractivity contribution in [1.82, 2.24) is 15.5 Å². The molecule has 2 aliphatic heterocycles. The lowest BCUT2D eigenvalue weighted by Crippen LogP contribution is -2.57. The normalized spacial score (nSPS) is 34.9. The van der Waals surface area contributed by atoms with Crippen LogP contribution >= 0.6 is 24.0 Å². The number of rotatable bonds is 2. The Morgan fingerprint density at radius 2 is 1.50 bits per heavy atom. The van der Waals surface area contributed by atoms with E-state index in [0.717, 1.165) is 18.0 Å². The van der Waals surface area contributed by atoms with Crippen molar-refractivity contribution in [3.63, 3.8) is 0 Å². The minimum Gasteiger partial charge on any atom is -0.354 e. The first kappa shape index (κ1) is 16.3. The van der Waals surface area contributed by atoms with Crippen LogP contribution in [0.4, 0.5) is 0 Å². The zero-order valence-electron chi connectivity index (χ0n) is 12.8. The molecule has 2 saturated heterocycles. The summed E-state index contributed by atoms with van der Waals surface area (Å²) >= 11 is 0. The summed E-state index contributed by atoms with van der Waals surface area (Å²) in [5.41, 5.74) is 0. The van der Waals surface area contributed by atoms with Crippen molar-refractivity contribution in [2.45, 2.75) is 75.5 Å². The summed E-state index contributed by atoms with van der Waals surface area (Å²) < 4.78 is 0. The van der Waals surface area contributed by atoms with Gasteiger partial charge in [0.1, 0.15) is 0 Å². The van der Waals surface area contributed by atoms with Crippen LogP contribution in [0.15, 0.2) is 4.99 Å². The Morgan fingerprint density at radius 3 is 2.00 bits per heavy atom. The number of hydrogen-bond acceptors (Lipinski definition) is 2. The standard InChI is InChI=1S/C15H28N4.HI/c1-16-15(17-11-5-3-6-11)18-12-9-13-7-4-8-14(10-12)19(13)2;/h11-14H,3-10H2,1-2H3,(H2,16,17,18);1H. The molecule has 4 nitrogen and oxygen atoms in total. The van der Waals surface area contributed by atoms with Gasteiger partial charge in [0.15, 0.2) is 5.96 Å². The van der Waals surface area contributed by atoms with Crippen molar-refractivity contribution in [3.05, 3.63) is 0 Å². The predicted molar refractivity (Wildman–Crippen MR) is 94.9 cm³/mol. The van der Waals surface area contributed by atoms with Crippen LogP contribution in [0.25, 0.3) is 0 Å². The third-order valence-corrected chi connectivity index (χ3v) is 5.35. The third kappa shape index (κ3) is 3.59. The quantitative estimate of drug-likeness (QED) is 0.431. The molecule has 2 bridgehead atoms. The lowest BCUT2D eigenvalue weighted by molar-refractivity contribution is 0.0525. The summed E-state index contributed by atoms with van der Waals surface area (Å²) in [6, 6.07) is 2.84. The fraction of sp³-hybridized carbons (Fsp3) is 0.933. The van der Waals surface area contributed by atoms with Gasteiger partial charge in [-0.2, -0.15) is 0 Å². The molecule has 0 aromatic rings. The average Bonchev–Trinajstić information content (AvgIpc) is 2.33. The van der Waals surface area contributed by atoms with E-state index in [-0.39, 0.29) is 24.0 Å². The van der Waals surface area contributed by atoms with E-state index in [4.69, 9.17) is 0 Å². The molecule has 20 heavy (non-hydrogen) atoms. The summed E-state index contributed by atoms with van der Waals surface area (Å²) in [6.45, 7) is 0. The van der Waals surface area contributed by atoms with Gasteiger partial charge in [-0.25, -0.2) is 0 Å². The Morgan fingerprint density at radius 1 is 0.950 bits per heavy atom. The van der Waals surface area contributed by atoms with Crippen molar-refractivity contribution < 1.29 is 0 Å². The fourth-order valence-corrected chi connectivity index (χ4v) is 3.84. The summed E-state index contributed by atoms with van der Waals surface area (Å²) in [7, 11) is 4.20. The Labute approximate surface area is 140 Å². The molecule has 0 amide bonds. The van der Waals surface area contributed by atoms with Crippen LogP contribution in [0.3, 0.4) is 0 Å². The summed E-state index contributed by atoms with van der Waals surface area (Å²) in [4.78, 5) is 7.01. The zero-order chi connectivity index (χ0) is 13.2. The molecule has 2 heterocycles. The minimum absolute atomic E-state index is 0. The molecule has 5 heteroatoms.